The van der Waals surface area contributed by atoms with Crippen LogP contribution >= 0.6 is 11.6 Å². The maximum atomic E-state index is 5.64. The quantitative estimate of drug-likeness (QED) is 0.506. The first-order valence-corrected chi connectivity index (χ1v) is 6.28. The van der Waals surface area contributed by atoms with Crippen molar-refractivity contribution in [2.45, 2.75) is 6.92 Å². The smallest absolute Gasteiger partial charge is 0.115 e. The third-order valence-corrected chi connectivity index (χ3v) is 2.88. The van der Waals surface area contributed by atoms with Gasteiger partial charge in [0.15, 0.2) is 0 Å². The zero-order valence-corrected chi connectivity index (χ0v) is 11.0. The van der Waals surface area contributed by atoms with Crippen molar-refractivity contribution in [3.8, 4) is 11.1 Å². The van der Waals surface area contributed by atoms with Gasteiger partial charge in [-0.1, -0.05) is 42.0 Å². The Morgan fingerprint density at radius 3 is 2.44 bits per heavy atom. The first kappa shape index (κ1) is 12.7. The number of alkyl halides is 1. The Labute approximate surface area is 112 Å². The van der Waals surface area contributed by atoms with Crippen molar-refractivity contribution in [2.75, 3.05) is 5.88 Å². The van der Waals surface area contributed by atoms with E-state index in [0.29, 0.717) is 5.84 Å². The number of hydrogen-bond acceptors (Lipinski definition) is 1. The lowest BCUT2D eigenvalue weighted by atomic mass is 10.0. The predicted molar refractivity (Wildman–Crippen MR) is 78.6 cm³/mol. The van der Waals surface area contributed by atoms with Crippen LogP contribution in [0.3, 0.4) is 0 Å². The van der Waals surface area contributed by atoms with E-state index in [2.05, 4.69) is 36.2 Å². The fourth-order valence-electron chi connectivity index (χ4n) is 1.78. The van der Waals surface area contributed by atoms with Gasteiger partial charge in [-0.3, -0.25) is 0 Å². The predicted octanol–water partition coefficient (Wildman–Crippen LogP) is 3.89. The Balaban J connectivity index is 2.38. The van der Waals surface area contributed by atoms with Gasteiger partial charge in [0.25, 0.3) is 0 Å². The molecule has 0 radical (unpaired) electrons. The summed E-state index contributed by atoms with van der Waals surface area (Å²) in [5.74, 6) is 0.673. The highest BCUT2D eigenvalue weighted by atomic mass is 35.5. The number of amidine groups is 1. The molecule has 0 saturated carbocycles. The highest BCUT2D eigenvalue weighted by molar-refractivity contribution is 6.28. The van der Waals surface area contributed by atoms with Crippen molar-refractivity contribution in [1.29, 1.82) is 0 Å². The second-order valence-corrected chi connectivity index (χ2v) is 4.42. The van der Waals surface area contributed by atoms with Crippen molar-refractivity contribution in [2.24, 2.45) is 10.7 Å². The van der Waals surface area contributed by atoms with Crippen molar-refractivity contribution < 1.29 is 0 Å². The number of rotatable bonds is 3. The Morgan fingerprint density at radius 2 is 1.78 bits per heavy atom. The average molecular weight is 259 g/mol. The SMILES string of the molecule is Cc1cccc(-c2cccc(N=C(N)CCl)c2)c1. The fourth-order valence-corrected chi connectivity index (χ4v) is 1.84. The van der Waals surface area contributed by atoms with Gasteiger partial charge < -0.3 is 5.73 Å². The molecule has 92 valence electrons. The molecule has 3 heteroatoms. The third-order valence-electron chi connectivity index (χ3n) is 2.61. The Hall–Kier alpha value is -1.80. The van der Waals surface area contributed by atoms with Crippen LogP contribution in [0, 0.1) is 6.92 Å². The van der Waals surface area contributed by atoms with Gasteiger partial charge in [0.1, 0.15) is 5.84 Å². The van der Waals surface area contributed by atoms with Gasteiger partial charge in [-0.05, 0) is 30.2 Å². The fraction of sp³-hybridized carbons (Fsp3) is 0.133. The van der Waals surface area contributed by atoms with E-state index >= 15 is 0 Å². The third kappa shape index (κ3) is 3.11. The molecule has 0 fully saturated rings. The summed E-state index contributed by atoms with van der Waals surface area (Å²) < 4.78 is 0. The number of nitrogens with zero attached hydrogens (tertiary/aromatic N) is 1. The molecule has 2 aromatic carbocycles. The molecule has 0 aromatic heterocycles. The van der Waals surface area contributed by atoms with Crippen LogP contribution in [0.5, 0.6) is 0 Å². The zero-order chi connectivity index (χ0) is 13.0. The Morgan fingerprint density at radius 1 is 1.11 bits per heavy atom. The van der Waals surface area contributed by atoms with Crippen LogP contribution < -0.4 is 5.73 Å². The van der Waals surface area contributed by atoms with E-state index in [4.69, 9.17) is 17.3 Å². The second kappa shape index (κ2) is 5.69. The molecule has 0 heterocycles. The summed E-state index contributed by atoms with van der Waals surface area (Å²) >= 11 is 5.62. The van der Waals surface area contributed by atoms with Crippen LogP contribution in [-0.2, 0) is 0 Å². The van der Waals surface area contributed by atoms with Gasteiger partial charge in [0.05, 0.1) is 11.6 Å². The molecule has 0 unspecified atom stereocenters. The lowest BCUT2D eigenvalue weighted by Crippen LogP contribution is -2.12. The number of hydrogen-bond donors (Lipinski definition) is 1. The van der Waals surface area contributed by atoms with Crippen molar-refractivity contribution in [3.63, 3.8) is 0 Å². The molecule has 0 aliphatic heterocycles. The minimum atomic E-state index is 0.245. The molecule has 0 aliphatic carbocycles. The topological polar surface area (TPSA) is 38.4 Å². The summed E-state index contributed by atoms with van der Waals surface area (Å²) in [5.41, 5.74) is 10.0. The molecular formula is C15H15ClN2. The van der Waals surface area contributed by atoms with E-state index in [0.717, 1.165) is 11.3 Å². The minimum Gasteiger partial charge on any atom is -0.386 e. The lowest BCUT2D eigenvalue weighted by Gasteiger charge is -2.04. The monoisotopic (exact) mass is 258 g/mol. The molecule has 18 heavy (non-hydrogen) atoms. The molecule has 0 spiro atoms. The first-order chi connectivity index (χ1) is 8.69. The van der Waals surface area contributed by atoms with E-state index in [1.54, 1.807) is 0 Å². The molecule has 0 aliphatic rings. The van der Waals surface area contributed by atoms with Gasteiger partial charge in [0.2, 0.25) is 0 Å². The molecule has 0 atom stereocenters. The van der Waals surface area contributed by atoms with Gasteiger partial charge in [-0.2, -0.15) is 0 Å². The van der Waals surface area contributed by atoms with Crippen LogP contribution in [0.4, 0.5) is 5.69 Å². The molecular weight excluding hydrogens is 244 g/mol. The van der Waals surface area contributed by atoms with Crippen molar-refractivity contribution in [3.05, 3.63) is 54.1 Å². The van der Waals surface area contributed by atoms with Crippen LogP contribution in [0.25, 0.3) is 11.1 Å². The Bertz CT molecular complexity index is 576. The van der Waals surface area contributed by atoms with Crippen LogP contribution in [0.2, 0.25) is 0 Å². The molecule has 2 nitrogen and oxygen atoms in total. The van der Waals surface area contributed by atoms with Crippen molar-refractivity contribution >= 4 is 23.1 Å². The molecule has 2 N–H and O–H groups in total. The summed E-state index contributed by atoms with van der Waals surface area (Å²) in [4.78, 5) is 4.25. The molecule has 2 aromatic rings. The van der Waals surface area contributed by atoms with E-state index in [1.165, 1.54) is 11.1 Å². The largest absolute Gasteiger partial charge is 0.386 e. The Kier molecular flexibility index (Phi) is 4.00. The normalized spacial score (nSPS) is 11.6. The summed E-state index contributed by atoms with van der Waals surface area (Å²) in [6.07, 6.45) is 0. The van der Waals surface area contributed by atoms with Gasteiger partial charge in [0, 0.05) is 0 Å². The number of aliphatic imine (C=N–C) groups is 1. The molecule has 0 saturated heterocycles. The highest BCUT2D eigenvalue weighted by Gasteiger charge is 1.99. The number of nitrogens with two attached hydrogens (primary N) is 1. The van der Waals surface area contributed by atoms with E-state index in [9.17, 15) is 0 Å². The van der Waals surface area contributed by atoms with Gasteiger partial charge in [-0.25, -0.2) is 4.99 Å². The molecule has 2 rings (SSSR count). The standard InChI is InChI=1S/C15H15ClN2/c1-11-4-2-5-12(8-11)13-6-3-7-14(9-13)18-15(17)10-16/h2-9H,10H2,1H3,(H2,17,18). The van der Waals surface area contributed by atoms with Crippen LogP contribution in [-0.4, -0.2) is 11.7 Å². The number of aryl methyl sites for hydroxylation is 1. The maximum absolute atomic E-state index is 5.64. The van der Waals surface area contributed by atoms with Gasteiger partial charge >= 0.3 is 0 Å². The summed E-state index contributed by atoms with van der Waals surface area (Å²) in [6.45, 7) is 2.08. The first-order valence-electron chi connectivity index (χ1n) is 5.75. The summed E-state index contributed by atoms with van der Waals surface area (Å²) in [6, 6.07) is 16.3. The molecule has 0 amide bonds. The zero-order valence-electron chi connectivity index (χ0n) is 10.2. The van der Waals surface area contributed by atoms with E-state index in [-0.39, 0.29) is 5.88 Å². The van der Waals surface area contributed by atoms with Crippen LogP contribution in [0.15, 0.2) is 53.5 Å². The summed E-state index contributed by atoms with van der Waals surface area (Å²) in [7, 11) is 0. The van der Waals surface area contributed by atoms with Gasteiger partial charge in [-0.15, -0.1) is 11.6 Å². The van der Waals surface area contributed by atoms with E-state index < -0.39 is 0 Å². The highest BCUT2D eigenvalue weighted by Crippen LogP contribution is 2.24. The van der Waals surface area contributed by atoms with Crippen LogP contribution in [0.1, 0.15) is 5.56 Å². The minimum absolute atomic E-state index is 0.245. The van der Waals surface area contributed by atoms with Crippen molar-refractivity contribution in [1.82, 2.24) is 0 Å². The van der Waals surface area contributed by atoms with E-state index in [1.807, 2.05) is 24.3 Å². The maximum Gasteiger partial charge on any atom is 0.115 e. The molecule has 0 bridgehead atoms. The number of benzene rings is 2. The summed E-state index contributed by atoms with van der Waals surface area (Å²) in [5, 5.41) is 0. The number of halogens is 1. The lowest BCUT2D eigenvalue weighted by molar-refractivity contribution is 1.44. The average Bonchev–Trinajstić information content (AvgIpc) is 2.39. The second-order valence-electron chi connectivity index (χ2n) is 4.16.